The summed E-state index contributed by atoms with van der Waals surface area (Å²) < 4.78 is 14.5. The van der Waals surface area contributed by atoms with Crippen molar-refractivity contribution in [3.63, 3.8) is 0 Å². The predicted molar refractivity (Wildman–Crippen MR) is 60.0 cm³/mol. The lowest BCUT2D eigenvalue weighted by Crippen LogP contribution is -2.20. The summed E-state index contributed by atoms with van der Waals surface area (Å²) in [6.07, 6.45) is 0. The van der Waals surface area contributed by atoms with Crippen LogP contribution < -0.4 is 5.56 Å². The number of hydrogen-bond acceptors (Lipinski definition) is 1. The Bertz CT molecular complexity index is 556. The third kappa shape index (κ3) is 1.91. The van der Waals surface area contributed by atoms with Gasteiger partial charge in [-0.15, -0.1) is 0 Å². The van der Waals surface area contributed by atoms with Crippen molar-refractivity contribution >= 4 is 0 Å². The second kappa shape index (κ2) is 3.96. The minimum atomic E-state index is -0.291. The number of halogens is 1. The van der Waals surface area contributed by atoms with E-state index in [0.717, 1.165) is 11.3 Å². The van der Waals surface area contributed by atoms with E-state index in [-0.39, 0.29) is 17.4 Å². The molecular formula is C12H13FN2O. The van der Waals surface area contributed by atoms with Crippen molar-refractivity contribution in [2.45, 2.75) is 19.9 Å². The van der Waals surface area contributed by atoms with Crippen LogP contribution in [0.25, 0.3) is 0 Å². The minimum Gasteiger partial charge on any atom is -0.299 e. The normalized spacial score (nSPS) is 12.7. The number of aromatic nitrogens is 2. The van der Waals surface area contributed by atoms with Crippen LogP contribution in [0.1, 0.15) is 24.2 Å². The van der Waals surface area contributed by atoms with Gasteiger partial charge in [-0.3, -0.25) is 9.89 Å². The molecule has 0 radical (unpaired) electrons. The smallest absolute Gasteiger partial charge is 0.267 e. The van der Waals surface area contributed by atoms with Crippen LogP contribution in [0.3, 0.4) is 0 Å². The zero-order valence-corrected chi connectivity index (χ0v) is 9.20. The Hall–Kier alpha value is -1.84. The molecule has 1 N–H and O–H groups in total. The van der Waals surface area contributed by atoms with E-state index in [1.54, 1.807) is 12.1 Å². The lowest BCUT2D eigenvalue weighted by atomic mass is 10.1. The van der Waals surface area contributed by atoms with E-state index in [1.165, 1.54) is 22.9 Å². The quantitative estimate of drug-likeness (QED) is 0.828. The molecule has 0 aliphatic carbocycles. The van der Waals surface area contributed by atoms with Gasteiger partial charge in [-0.05, 0) is 31.5 Å². The number of aryl methyl sites for hydroxylation is 1. The molecule has 0 amide bonds. The Morgan fingerprint density at radius 2 is 2.12 bits per heavy atom. The highest BCUT2D eigenvalue weighted by molar-refractivity contribution is 5.20. The zero-order valence-electron chi connectivity index (χ0n) is 9.20. The average molecular weight is 220 g/mol. The lowest BCUT2D eigenvalue weighted by molar-refractivity contribution is 0.538. The number of nitrogens with zero attached hydrogens (tertiary/aromatic N) is 1. The van der Waals surface area contributed by atoms with Gasteiger partial charge in [0, 0.05) is 11.8 Å². The fourth-order valence-electron chi connectivity index (χ4n) is 1.74. The SMILES string of the molecule is Cc1cc(=O)n(C(C)c2cccc(F)c2)[nH]1. The van der Waals surface area contributed by atoms with Gasteiger partial charge < -0.3 is 0 Å². The number of hydrogen-bond donors (Lipinski definition) is 1. The second-order valence-electron chi connectivity index (χ2n) is 3.88. The van der Waals surface area contributed by atoms with E-state index in [2.05, 4.69) is 5.10 Å². The van der Waals surface area contributed by atoms with E-state index < -0.39 is 0 Å². The van der Waals surface area contributed by atoms with Crippen molar-refractivity contribution in [2.24, 2.45) is 0 Å². The zero-order chi connectivity index (χ0) is 11.7. The Labute approximate surface area is 92.5 Å². The Morgan fingerprint density at radius 3 is 2.69 bits per heavy atom. The molecule has 2 aromatic rings. The van der Waals surface area contributed by atoms with Crippen LogP contribution in [-0.2, 0) is 0 Å². The minimum absolute atomic E-state index is 0.103. The van der Waals surface area contributed by atoms with Gasteiger partial charge >= 0.3 is 0 Å². The van der Waals surface area contributed by atoms with Gasteiger partial charge in [0.05, 0.1) is 6.04 Å². The fourth-order valence-corrected chi connectivity index (χ4v) is 1.74. The third-order valence-electron chi connectivity index (χ3n) is 2.59. The lowest BCUT2D eigenvalue weighted by Gasteiger charge is -2.12. The van der Waals surface area contributed by atoms with Gasteiger partial charge in [0.2, 0.25) is 0 Å². The first kappa shape index (κ1) is 10.7. The van der Waals surface area contributed by atoms with Crippen LogP contribution in [0.2, 0.25) is 0 Å². The van der Waals surface area contributed by atoms with Crippen molar-refractivity contribution in [2.75, 3.05) is 0 Å². The Morgan fingerprint density at radius 1 is 1.38 bits per heavy atom. The maximum absolute atomic E-state index is 13.1. The van der Waals surface area contributed by atoms with Gasteiger partial charge in [0.1, 0.15) is 5.82 Å². The summed E-state index contributed by atoms with van der Waals surface area (Å²) in [7, 11) is 0. The summed E-state index contributed by atoms with van der Waals surface area (Å²) in [5.74, 6) is -0.291. The maximum Gasteiger partial charge on any atom is 0.267 e. The molecule has 0 saturated heterocycles. The van der Waals surface area contributed by atoms with Crippen LogP contribution in [-0.4, -0.2) is 9.78 Å². The van der Waals surface area contributed by atoms with Crippen molar-refractivity contribution in [3.8, 4) is 0 Å². The summed E-state index contributed by atoms with van der Waals surface area (Å²) in [6, 6.07) is 7.59. The van der Waals surface area contributed by atoms with Crippen LogP contribution in [0.15, 0.2) is 35.1 Å². The van der Waals surface area contributed by atoms with Gasteiger partial charge in [-0.25, -0.2) is 9.07 Å². The monoisotopic (exact) mass is 220 g/mol. The van der Waals surface area contributed by atoms with E-state index in [9.17, 15) is 9.18 Å². The molecule has 1 aromatic heterocycles. The number of rotatable bonds is 2. The summed E-state index contributed by atoms with van der Waals surface area (Å²) in [5.41, 5.74) is 1.46. The molecule has 1 unspecified atom stereocenters. The number of nitrogens with one attached hydrogen (secondary N) is 1. The summed E-state index contributed by atoms with van der Waals surface area (Å²) in [4.78, 5) is 11.6. The highest BCUT2D eigenvalue weighted by Crippen LogP contribution is 2.16. The fraction of sp³-hybridized carbons (Fsp3) is 0.250. The summed E-state index contributed by atoms with van der Waals surface area (Å²) >= 11 is 0. The molecule has 0 aliphatic rings. The predicted octanol–water partition coefficient (Wildman–Crippen LogP) is 2.23. The molecular weight excluding hydrogens is 207 g/mol. The molecule has 1 aromatic carbocycles. The molecule has 84 valence electrons. The number of H-pyrrole nitrogens is 1. The van der Waals surface area contributed by atoms with Crippen LogP contribution in [0.4, 0.5) is 4.39 Å². The largest absolute Gasteiger partial charge is 0.299 e. The molecule has 0 aliphatic heterocycles. The Balaban J connectivity index is 2.42. The summed E-state index contributed by atoms with van der Waals surface area (Å²) in [5, 5.41) is 2.94. The van der Waals surface area contributed by atoms with Crippen LogP contribution in [0, 0.1) is 12.7 Å². The molecule has 1 heterocycles. The van der Waals surface area contributed by atoms with Crippen molar-refractivity contribution in [1.82, 2.24) is 9.78 Å². The second-order valence-corrected chi connectivity index (χ2v) is 3.88. The topological polar surface area (TPSA) is 37.8 Å². The van der Waals surface area contributed by atoms with E-state index in [1.807, 2.05) is 13.8 Å². The molecule has 4 heteroatoms. The molecule has 1 atom stereocenters. The van der Waals surface area contributed by atoms with Crippen LogP contribution >= 0.6 is 0 Å². The first-order chi connectivity index (χ1) is 7.58. The average Bonchev–Trinajstić information content (AvgIpc) is 2.57. The van der Waals surface area contributed by atoms with Crippen molar-refractivity contribution in [3.05, 3.63) is 57.8 Å². The van der Waals surface area contributed by atoms with Crippen LogP contribution in [0.5, 0.6) is 0 Å². The van der Waals surface area contributed by atoms with Gasteiger partial charge in [-0.2, -0.15) is 0 Å². The highest BCUT2D eigenvalue weighted by atomic mass is 19.1. The molecule has 3 nitrogen and oxygen atoms in total. The summed E-state index contributed by atoms with van der Waals surface area (Å²) in [6.45, 7) is 3.67. The third-order valence-corrected chi connectivity index (χ3v) is 2.59. The first-order valence-electron chi connectivity index (χ1n) is 5.11. The molecule has 0 fully saturated rings. The van der Waals surface area contributed by atoms with E-state index >= 15 is 0 Å². The molecule has 0 saturated carbocycles. The van der Waals surface area contributed by atoms with E-state index in [4.69, 9.17) is 0 Å². The molecule has 16 heavy (non-hydrogen) atoms. The highest BCUT2D eigenvalue weighted by Gasteiger charge is 2.11. The van der Waals surface area contributed by atoms with E-state index in [0.29, 0.717) is 0 Å². The van der Waals surface area contributed by atoms with Gasteiger partial charge in [0.25, 0.3) is 5.56 Å². The molecule has 0 spiro atoms. The standard InChI is InChI=1S/C12H13FN2O/c1-8-6-12(16)15(14-8)9(2)10-4-3-5-11(13)7-10/h3-7,9,14H,1-2H3. The first-order valence-corrected chi connectivity index (χ1v) is 5.11. The Kier molecular flexibility index (Phi) is 2.64. The molecule has 0 bridgehead atoms. The molecule has 2 rings (SSSR count). The number of benzene rings is 1. The van der Waals surface area contributed by atoms with Crippen molar-refractivity contribution in [1.29, 1.82) is 0 Å². The maximum atomic E-state index is 13.1. The number of aromatic amines is 1. The van der Waals surface area contributed by atoms with Crippen molar-refractivity contribution < 1.29 is 4.39 Å². The van der Waals surface area contributed by atoms with Gasteiger partial charge in [0.15, 0.2) is 0 Å². The van der Waals surface area contributed by atoms with Gasteiger partial charge in [-0.1, -0.05) is 12.1 Å².